The number of nitrogens with zero attached hydrogens (tertiary/aromatic N) is 2. The molecule has 0 saturated carbocycles. The van der Waals surface area contributed by atoms with Gasteiger partial charge in [0.2, 0.25) is 11.8 Å². The maximum absolute atomic E-state index is 5.52. The van der Waals surface area contributed by atoms with Gasteiger partial charge in [0.15, 0.2) is 0 Å². The highest BCUT2D eigenvalue weighted by atomic mass is 35.5. The lowest BCUT2D eigenvalue weighted by molar-refractivity contribution is 0.0179. The minimum atomic E-state index is -0.282. The monoisotopic (exact) mass is 204 g/mol. The second-order valence-corrected chi connectivity index (χ2v) is 3.63. The maximum Gasteiger partial charge on any atom is 0.231 e. The number of hydrogen-bond donors (Lipinski definition) is 0. The van der Waals surface area contributed by atoms with E-state index < -0.39 is 0 Å². The fourth-order valence-electron chi connectivity index (χ4n) is 0.850. The van der Waals surface area contributed by atoms with Crippen molar-refractivity contribution in [3.8, 4) is 0 Å². The predicted octanol–water partition coefficient (Wildman–Crippen LogP) is 1.78. The Hall–Kier alpha value is -0.610. The van der Waals surface area contributed by atoms with Gasteiger partial charge in [-0.1, -0.05) is 0 Å². The first-order chi connectivity index (χ1) is 6.07. The predicted molar refractivity (Wildman–Crippen MR) is 48.6 cm³/mol. The van der Waals surface area contributed by atoms with Crippen LogP contribution in [0.5, 0.6) is 0 Å². The largest absolute Gasteiger partial charge is 0.424 e. The third-order valence-electron chi connectivity index (χ3n) is 1.75. The summed E-state index contributed by atoms with van der Waals surface area (Å²) in [7, 11) is 1.65. The molecule has 5 heteroatoms. The fraction of sp³-hybridized carbons (Fsp3) is 0.750. The zero-order chi connectivity index (χ0) is 9.90. The van der Waals surface area contributed by atoms with Gasteiger partial charge >= 0.3 is 0 Å². The molecule has 0 saturated heterocycles. The first-order valence-electron chi connectivity index (χ1n) is 4.00. The summed E-state index contributed by atoms with van der Waals surface area (Å²) in [4.78, 5) is 0. The lowest BCUT2D eigenvalue weighted by Gasteiger charge is -2.20. The highest BCUT2D eigenvalue weighted by molar-refractivity contribution is 6.16. The molecular formula is C8H13ClN2O2. The van der Waals surface area contributed by atoms with Gasteiger partial charge in [-0.15, -0.1) is 21.8 Å². The zero-order valence-electron chi connectivity index (χ0n) is 8.00. The second-order valence-electron chi connectivity index (χ2n) is 3.36. The van der Waals surface area contributed by atoms with Crippen molar-refractivity contribution in [1.29, 1.82) is 0 Å². The molecule has 0 fully saturated rings. The van der Waals surface area contributed by atoms with Gasteiger partial charge in [-0.2, -0.15) is 0 Å². The van der Waals surface area contributed by atoms with E-state index in [1.807, 2.05) is 13.8 Å². The smallest absolute Gasteiger partial charge is 0.231 e. The van der Waals surface area contributed by atoms with E-state index in [1.165, 1.54) is 0 Å². The maximum atomic E-state index is 5.52. The van der Waals surface area contributed by atoms with Crippen LogP contribution < -0.4 is 0 Å². The minimum absolute atomic E-state index is 0.250. The van der Waals surface area contributed by atoms with E-state index >= 15 is 0 Å². The van der Waals surface area contributed by atoms with Gasteiger partial charge in [0.1, 0.15) is 5.88 Å². The van der Waals surface area contributed by atoms with Crippen molar-refractivity contribution in [2.24, 2.45) is 0 Å². The lowest BCUT2D eigenvalue weighted by Crippen LogP contribution is -2.25. The molecule has 74 valence electrons. The molecule has 0 amide bonds. The standard InChI is InChI=1S/C8H13ClN2O2/c1-8(2,12-3)4-6-10-11-7(5-9)13-6/h4-5H2,1-3H3. The van der Waals surface area contributed by atoms with Crippen molar-refractivity contribution >= 4 is 11.6 Å². The van der Waals surface area contributed by atoms with E-state index in [0.717, 1.165) is 0 Å². The van der Waals surface area contributed by atoms with E-state index in [4.69, 9.17) is 20.8 Å². The van der Waals surface area contributed by atoms with Crippen molar-refractivity contribution in [1.82, 2.24) is 10.2 Å². The molecule has 0 aliphatic heterocycles. The van der Waals surface area contributed by atoms with Gasteiger partial charge in [0, 0.05) is 7.11 Å². The number of hydrogen-bond acceptors (Lipinski definition) is 4. The van der Waals surface area contributed by atoms with E-state index in [2.05, 4.69) is 10.2 Å². The van der Waals surface area contributed by atoms with Gasteiger partial charge in [-0.25, -0.2) is 0 Å². The van der Waals surface area contributed by atoms with Crippen LogP contribution in [0, 0.1) is 0 Å². The van der Waals surface area contributed by atoms with Crippen LogP contribution in [0.15, 0.2) is 4.42 Å². The SMILES string of the molecule is COC(C)(C)Cc1nnc(CCl)o1. The highest BCUT2D eigenvalue weighted by Crippen LogP contribution is 2.15. The van der Waals surface area contributed by atoms with E-state index in [1.54, 1.807) is 7.11 Å². The molecule has 1 rings (SSSR count). The average molecular weight is 205 g/mol. The number of halogens is 1. The Balaban J connectivity index is 2.63. The summed E-state index contributed by atoms with van der Waals surface area (Å²) in [6.45, 7) is 3.91. The van der Waals surface area contributed by atoms with Crippen LogP contribution >= 0.6 is 11.6 Å². The van der Waals surface area contributed by atoms with Gasteiger partial charge in [-0.05, 0) is 13.8 Å². The van der Waals surface area contributed by atoms with Crippen LogP contribution in [-0.2, 0) is 17.0 Å². The highest BCUT2D eigenvalue weighted by Gasteiger charge is 2.20. The lowest BCUT2D eigenvalue weighted by atomic mass is 10.1. The molecule has 0 aliphatic rings. The van der Waals surface area contributed by atoms with Gasteiger partial charge in [0.25, 0.3) is 0 Å². The molecule has 0 spiro atoms. The summed E-state index contributed by atoms with van der Waals surface area (Å²) in [6, 6.07) is 0. The zero-order valence-corrected chi connectivity index (χ0v) is 8.76. The molecule has 1 aromatic heterocycles. The third-order valence-corrected chi connectivity index (χ3v) is 1.98. The van der Waals surface area contributed by atoms with Gasteiger partial charge in [-0.3, -0.25) is 0 Å². The molecule has 0 bridgehead atoms. The molecule has 0 radical (unpaired) electrons. The normalized spacial score (nSPS) is 12.0. The molecule has 4 nitrogen and oxygen atoms in total. The molecule has 0 aliphatic carbocycles. The molecule has 1 heterocycles. The van der Waals surface area contributed by atoms with Crippen LogP contribution in [-0.4, -0.2) is 22.9 Å². The molecule has 0 aromatic carbocycles. The average Bonchev–Trinajstić information content (AvgIpc) is 2.52. The number of rotatable bonds is 4. The van der Waals surface area contributed by atoms with E-state index in [9.17, 15) is 0 Å². The van der Waals surface area contributed by atoms with Crippen molar-refractivity contribution in [2.45, 2.75) is 31.7 Å². The number of aromatic nitrogens is 2. The van der Waals surface area contributed by atoms with Crippen LogP contribution in [0.1, 0.15) is 25.6 Å². The summed E-state index contributed by atoms with van der Waals surface area (Å²) in [5.41, 5.74) is -0.282. The number of ether oxygens (including phenoxy) is 1. The Kier molecular flexibility index (Phi) is 3.27. The van der Waals surface area contributed by atoms with Crippen molar-refractivity contribution in [3.63, 3.8) is 0 Å². The first-order valence-corrected chi connectivity index (χ1v) is 4.53. The van der Waals surface area contributed by atoms with Gasteiger partial charge in [0.05, 0.1) is 12.0 Å². The summed E-state index contributed by atoms with van der Waals surface area (Å²) in [5, 5.41) is 7.59. The Labute approximate surface area is 82.2 Å². The van der Waals surface area contributed by atoms with Crippen LogP contribution in [0.25, 0.3) is 0 Å². The Morgan fingerprint density at radius 1 is 1.38 bits per heavy atom. The molecule has 13 heavy (non-hydrogen) atoms. The third kappa shape index (κ3) is 2.97. The summed E-state index contributed by atoms with van der Waals surface area (Å²) in [6.07, 6.45) is 0.591. The van der Waals surface area contributed by atoms with Crippen molar-refractivity contribution < 1.29 is 9.15 Å². The Morgan fingerprint density at radius 2 is 2.00 bits per heavy atom. The van der Waals surface area contributed by atoms with Crippen molar-refractivity contribution in [3.05, 3.63) is 11.8 Å². The van der Waals surface area contributed by atoms with E-state index in [-0.39, 0.29) is 11.5 Å². The molecule has 1 aromatic rings. The first kappa shape index (κ1) is 10.5. The summed E-state index contributed by atoms with van der Waals surface area (Å²) in [5.74, 6) is 1.26. The summed E-state index contributed by atoms with van der Waals surface area (Å²) < 4.78 is 10.5. The molecule has 0 unspecified atom stereocenters. The second kappa shape index (κ2) is 4.07. The minimum Gasteiger partial charge on any atom is -0.424 e. The molecular weight excluding hydrogens is 192 g/mol. The Morgan fingerprint density at radius 3 is 2.46 bits per heavy atom. The van der Waals surface area contributed by atoms with Crippen LogP contribution in [0.2, 0.25) is 0 Å². The Bertz CT molecular complexity index is 273. The summed E-state index contributed by atoms with van der Waals surface area (Å²) >= 11 is 5.52. The molecule has 0 atom stereocenters. The quantitative estimate of drug-likeness (QED) is 0.702. The van der Waals surface area contributed by atoms with E-state index in [0.29, 0.717) is 18.2 Å². The molecule has 0 N–H and O–H groups in total. The van der Waals surface area contributed by atoms with Crippen molar-refractivity contribution in [2.75, 3.05) is 7.11 Å². The topological polar surface area (TPSA) is 48.2 Å². The van der Waals surface area contributed by atoms with Crippen LogP contribution in [0.3, 0.4) is 0 Å². The van der Waals surface area contributed by atoms with Crippen LogP contribution in [0.4, 0.5) is 0 Å². The number of methoxy groups -OCH3 is 1. The number of alkyl halides is 1. The van der Waals surface area contributed by atoms with Gasteiger partial charge < -0.3 is 9.15 Å². The fourth-order valence-corrected chi connectivity index (χ4v) is 0.958.